The van der Waals surface area contributed by atoms with Gasteiger partial charge >= 0.3 is 5.97 Å². The van der Waals surface area contributed by atoms with Crippen LogP contribution in [0.25, 0.3) is 0 Å². The zero-order valence-corrected chi connectivity index (χ0v) is 14.2. The van der Waals surface area contributed by atoms with Gasteiger partial charge in [0.05, 0.1) is 7.11 Å². The maximum atomic E-state index is 12.5. The Morgan fingerprint density at radius 1 is 1.21 bits per heavy atom. The summed E-state index contributed by atoms with van der Waals surface area (Å²) in [6.07, 6.45) is 0.948. The van der Waals surface area contributed by atoms with Crippen molar-refractivity contribution in [3.63, 3.8) is 0 Å². The molecule has 1 N–H and O–H groups in total. The smallest absolute Gasteiger partial charge is 0.319 e. The Morgan fingerprint density at radius 3 is 2.42 bits per heavy atom. The van der Waals surface area contributed by atoms with Gasteiger partial charge in [0.1, 0.15) is 11.2 Å². The van der Waals surface area contributed by atoms with Crippen molar-refractivity contribution in [2.45, 2.75) is 25.8 Å². The average molecular weight is 332 g/mol. The molecule has 1 saturated heterocycles. The Balaban J connectivity index is 1.60. The van der Waals surface area contributed by atoms with E-state index in [0.29, 0.717) is 25.9 Å². The molecule has 1 aliphatic carbocycles. The molecule has 1 unspecified atom stereocenters. The molecule has 2 aliphatic rings. The molecule has 3 rings (SSSR count). The van der Waals surface area contributed by atoms with Gasteiger partial charge in [0.2, 0.25) is 5.91 Å². The number of benzene rings is 1. The molecule has 0 spiro atoms. The van der Waals surface area contributed by atoms with Crippen molar-refractivity contribution in [2.75, 3.05) is 33.3 Å². The second kappa shape index (κ2) is 6.43. The van der Waals surface area contributed by atoms with Gasteiger partial charge in [0, 0.05) is 32.2 Å². The number of rotatable bonds is 5. The van der Waals surface area contributed by atoms with E-state index < -0.39 is 11.4 Å². The van der Waals surface area contributed by atoms with E-state index in [1.165, 1.54) is 5.56 Å². The van der Waals surface area contributed by atoms with Crippen molar-refractivity contribution in [3.05, 3.63) is 29.8 Å². The maximum Gasteiger partial charge on any atom is 0.319 e. The second-order valence-electron chi connectivity index (χ2n) is 6.67. The molecule has 1 amide bonds. The van der Waals surface area contributed by atoms with Gasteiger partial charge in [-0.15, -0.1) is 0 Å². The van der Waals surface area contributed by atoms with Crippen LogP contribution in [0.3, 0.4) is 0 Å². The van der Waals surface area contributed by atoms with Crippen LogP contribution in [0.1, 0.15) is 31.4 Å². The highest BCUT2D eigenvalue weighted by atomic mass is 16.5. The number of hydrogen-bond donors (Lipinski definition) is 1. The second-order valence-corrected chi connectivity index (χ2v) is 6.67. The molecule has 1 aromatic rings. The van der Waals surface area contributed by atoms with Crippen molar-refractivity contribution < 1.29 is 19.4 Å². The van der Waals surface area contributed by atoms with Gasteiger partial charge in [0.15, 0.2) is 0 Å². The van der Waals surface area contributed by atoms with Crippen molar-refractivity contribution in [1.82, 2.24) is 9.80 Å². The highest BCUT2D eigenvalue weighted by Gasteiger charge is 2.58. The number of carboxylic acids is 1. The minimum atomic E-state index is -1.12. The molecule has 1 aliphatic heterocycles. The van der Waals surface area contributed by atoms with E-state index in [2.05, 4.69) is 17.9 Å². The number of nitrogens with zero attached hydrogens (tertiary/aromatic N) is 2. The normalized spacial score (nSPS) is 21.2. The summed E-state index contributed by atoms with van der Waals surface area (Å²) in [5, 5.41) is 9.27. The summed E-state index contributed by atoms with van der Waals surface area (Å²) in [7, 11) is 1.66. The quantitative estimate of drug-likeness (QED) is 0.832. The third-order valence-electron chi connectivity index (χ3n) is 5.29. The van der Waals surface area contributed by atoms with Crippen LogP contribution in [0.15, 0.2) is 24.3 Å². The average Bonchev–Trinajstić information content (AvgIpc) is 3.43. The number of aliphatic carboxylic acids is 1. The van der Waals surface area contributed by atoms with Crippen LogP contribution in [0.5, 0.6) is 5.75 Å². The predicted molar refractivity (Wildman–Crippen MR) is 88.9 cm³/mol. The standard InChI is InChI=1S/C18H24N2O4/c1-13(14-4-3-5-15(12-14)24-2)19-8-10-20(11-9-19)16(21)18(6-7-18)17(22)23/h3-5,12-13H,6-11H2,1-2H3,(H,22,23). The highest BCUT2D eigenvalue weighted by molar-refractivity contribution is 6.04. The highest BCUT2D eigenvalue weighted by Crippen LogP contribution is 2.47. The molecule has 0 bridgehead atoms. The molecule has 1 atom stereocenters. The molecule has 6 nitrogen and oxygen atoms in total. The molecule has 0 radical (unpaired) electrons. The number of carboxylic acid groups (broad SMARTS) is 1. The first-order valence-corrected chi connectivity index (χ1v) is 8.39. The lowest BCUT2D eigenvalue weighted by molar-refractivity contribution is -0.154. The largest absolute Gasteiger partial charge is 0.497 e. The summed E-state index contributed by atoms with van der Waals surface area (Å²) in [5.41, 5.74) is 0.0546. The zero-order chi connectivity index (χ0) is 17.3. The molecule has 1 aromatic carbocycles. The lowest BCUT2D eigenvalue weighted by Gasteiger charge is -2.39. The molecule has 130 valence electrons. The molecule has 1 saturated carbocycles. The van der Waals surface area contributed by atoms with Gasteiger partial charge in [-0.05, 0) is 37.5 Å². The van der Waals surface area contributed by atoms with Crippen molar-refractivity contribution in [3.8, 4) is 5.75 Å². The first kappa shape index (κ1) is 16.8. The Hall–Kier alpha value is -2.08. The van der Waals surface area contributed by atoms with Gasteiger partial charge in [0.25, 0.3) is 0 Å². The molecule has 1 heterocycles. The number of piperazine rings is 1. The van der Waals surface area contributed by atoms with Crippen molar-refractivity contribution >= 4 is 11.9 Å². The summed E-state index contributed by atoms with van der Waals surface area (Å²) < 4.78 is 5.28. The van der Waals surface area contributed by atoms with Crippen LogP contribution in [-0.4, -0.2) is 60.1 Å². The van der Waals surface area contributed by atoms with Gasteiger partial charge in [-0.2, -0.15) is 0 Å². The third-order valence-corrected chi connectivity index (χ3v) is 5.29. The minimum Gasteiger partial charge on any atom is -0.497 e. The Morgan fingerprint density at radius 2 is 1.88 bits per heavy atom. The molecule has 24 heavy (non-hydrogen) atoms. The van der Waals surface area contributed by atoms with E-state index in [1.54, 1.807) is 12.0 Å². The molecular weight excluding hydrogens is 308 g/mol. The lowest BCUT2D eigenvalue weighted by Crippen LogP contribution is -2.52. The fraction of sp³-hybridized carbons (Fsp3) is 0.556. The monoisotopic (exact) mass is 332 g/mol. The number of carbonyl (C=O) groups is 2. The van der Waals surface area contributed by atoms with Gasteiger partial charge in [-0.25, -0.2) is 0 Å². The summed E-state index contributed by atoms with van der Waals surface area (Å²) in [5.74, 6) is -0.339. The maximum absolute atomic E-state index is 12.5. The summed E-state index contributed by atoms with van der Waals surface area (Å²) in [6.45, 7) is 4.82. The first-order valence-electron chi connectivity index (χ1n) is 8.39. The third kappa shape index (κ3) is 2.98. The van der Waals surface area contributed by atoms with Crippen LogP contribution >= 0.6 is 0 Å². The minimum absolute atomic E-state index is 0.205. The number of ether oxygens (including phenoxy) is 1. The molecule has 2 fully saturated rings. The van der Waals surface area contributed by atoms with Crippen molar-refractivity contribution in [1.29, 1.82) is 0 Å². The summed E-state index contributed by atoms with van der Waals surface area (Å²) in [6, 6.07) is 8.24. The van der Waals surface area contributed by atoms with E-state index in [1.807, 2.05) is 18.2 Å². The number of amides is 1. The van der Waals surface area contributed by atoms with Crippen LogP contribution in [0.2, 0.25) is 0 Å². The number of methoxy groups -OCH3 is 1. The van der Waals surface area contributed by atoms with Crippen molar-refractivity contribution in [2.24, 2.45) is 5.41 Å². The van der Waals surface area contributed by atoms with Gasteiger partial charge < -0.3 is 14.7 Å². The predicted octanol–water partition coefficient (Wildman–Crippen LogP) is 1.77. The van der Waals surface area contributed by atoms with Crippen LogP contribution in [0.4, 0.5) is 0 Å². The van der Waals surface area contributed by atoms with Crippen LogP contribution in [-0.2, 0) is 9.59 Å². The Labute approximate surface area is 142 Å². The van der Waals surface area contributed by atoms with Crippen LogP contribution < -0.4 is 4.74 Å². The molecule has 6 heteroatoms. The van der Waals surface area contributed by atoms with E-state index >= 15 is 0 Å². The van der Waals surface area contributed by atoms with Crippen LogP contribution in [0, 0.1) is 5.41 Å². The zero-order valence-electron chi connectivity index (χ0n) is 14.2. The topological polar surface area (TPSA) is 70.1 Å². The van der Waals surface area contributed by atoms with E-state index in [4.69, 9.17) is 4.74 Å². The fourth-order valence-electron chi connectivity index (χ4n) is 3.37. The summed E-state index contributed by atoms with van der Waals surface area (Å²) in [4.78, 5) is 27.8. The van der Waals surface area contributed by atoms with E-state index in [9.17, 15) is 14.7 Å². The Bertz CT molecular complexity index is 634. The number of hydrogen-bond acceptors (Lipinski definition) is 4. The first-order chi connectivity index (χ1) is 11.5. The van der Waals surface area contributed by atoms with Gasteiger partial charge in [-0.1, -0.05) is 12.1 Å². The summed E-state index contributed by atoms with van der Waals surface area (Å²) >= 11 is 0. The fourth-order valence-corrected chi connectivity index (χ4v) is 3.37. The molecular formula is C18H24N2O4. The Kier molecular flexibility index (Phi) is 4.49. The van der Waals surface area contributed by atoms with Gasteiger partial charge in [-0.3, -0.25) is 14.5 Å². The molecule has 0 aromatic heterocycles. The number of carbonyl (C=O) groups excluding carboxylic acids is 1. The SMILES string of the molecule is COc1cccc(C(C)N2CCN(C(=O)C3(C(=O)O)CC3)CC2)c1. The lowest BCUT2D eigenvalue weighted by atomic mass is 10.0. The van der Waals surface area contributed by atoms with E-state index in [-0.39, 0.29) is 11.9 Å². The van der Waals surface area contributed by atoms with E-state index in [0.717, 1.165) is 18.8 Å².